The standard InChI is InChI=1S/C10H12F4N2O2S/c1-5-6(2-7(19-5)8(17)16-15)3-18-4-10(13,14)9(11)12/h2,9H,3-4,15H2,1H3,(H,16,17). The molecule has 1 aromatic rings. The van der Waals surface area contributed by atoms with Crippen LogP contribution in [-0.4, -0.2) is 24.9 Å². The van der Waals surface area contributed by atoms with E-state index < -0.39 is 24.9 Å². The smallest absolute Gasteiger partial charge is 0.330 e. The number of alkyl halides is 4. The highest BCUT2D eigenvalue weighted by Crippen LogP contribution is 2.25. The lowest BCUT2D eigenvalue weighted by Crippen LogP contribution is -2.32. The number of rotatable bonds is 6. The van der Waals surface area contributed by atoms with Crippen molar-refractivity contribution >= 4 is 17.2 Å². The maximum atomic E-state index is 12.6. The van der Waals surface area contributed by atoms with E-state index in [1.807, 2.05) is 5.43 Å². The van der Waals surface area contributed by atoms with Crippen LogP contribution >= 0.6 is 11.3 Å². The molecule has 0 aliphatic heterocycles. The van der Waals surface area contributed by atoms with Crippen molar-refractivity contribution in [1.29, 1.82) is 0 Å². The van der Waals surface area contributed by atoms with Gasteiger partial charge in [-0.2, -0.15) is 8.78 Å². The Morgan fingerprint density at radius 2 is 2.21 bits per heavy atom. The topological polar surface area (TPSA) is 64.4 Å². The van der Waals surface area contributed by atoms with Crippen LogP contribution in [0.4, 0.5) is 17.6 Å². The van der Waals surface area contributed by atoms with E-state index in [-0.39, 0.29) is 6.61 Å². The Labute approximate surface area is 110 Å². The fourth-order valence-corrected chi connectivity index (χ4v) is 2.14. The molecule has 0 saturated carbocycles. The van der Waals surface area contributed by atoms with Gasteiger partial charge in [0.15, 0.2) is 0 Å². The van der Waals surface area contributed by atoms with Gasteiger partial charge in [-0.25, -0.2) is 14.6 Å². The summed E-state index contributed by atoms with van der Waals surface area (Å²) in [7, 11) is 0. The van der Waals surface area contributed by atoms with Crippen molar-refractivity contribution in [1.82, 2.24) is 5.43 Å². The van der Waals surface area contributed by atoms with Gasteiger partial charge in [0.1, 0.15) is 6.61 Å². The van der Waals surface area contributed by atoms with E-state index in [1.54, 1.807) is 6.92 Å². The van der Waals surface area contributed by atoms with Gasteiger partial charge in [0.2, 0.25) is 0 Å². The molecule has 1 amide bonds. The Kier molecular flexibility index (Phi) is 5.27. The third-order valence-electron chi connectivity index (χ3n) is 2.25. The zero-order chi connectivity index (χ0) is 14.6. The fraction of sp³-hybridized carbons (Fsp3) is 0.500. The Hall–Kier alpha value is -1.19. The molecule has 0 aromatic carbocycles. The number of halogens is 4. The number of nitrogens with one attached hydrogen (secondary N) is 1. The van der Waals surface area contributed by atoms with Gasteiger partial charge >= 0.3 is 12.3 Å². The van der Waals surface area contributed by atoms with Crippen molar-refractivity contribution in [3.63, 3.8) is 0 Å². The molecule has 19 heavy (non-hydrogen) atoms. The average Bonchev–Trinajstić information content (AvgIpc) is 2.69. The molecular formula is C10H12F4N2O2S. The molecule has 0 radical (unpaired) electrons. The SMILES string of the molecule is Cc1sc(C(=O)NN)cc1COCC(F)(F)C(F)F. The van der Waals surface area contributed by atoms with Crippen molar-refractivity contribution in [3.05, 3.63) is 21.4 Å². The lowest BCUT2D eigenvalue weighted by molar-refractivity contribution is -0.168. The first kappa shape index (κ1) is 15.9. The summed E-state index contributed by atoms with van der Waals surface area (Å²) in [6, 6.07) is 1.42. The predicted molar refractivity (Wildman–Crippen MR) is 61.3 cm³/mol. The van der Waals surface area contributed by atoms with E-state index in [0.717, 1.165) is 11.3 Å². The zero-order valence-corrected chi connectivity index (χ0v) is 10.7. The number of hydrogen-bond donors (Lipinski definition) is 2. The van der Waals surface area contributed by atoms with Crippen molar-refractivity contribution in [3.8, 4) is 0 Å². The van der Waals surface area contributed by atoms with Gasteiger partial charge in [0.25, 0.3) is 5.91 Å². The van der Waals surface area contributed by atoms with Crippen LogP contribution in [-0.2, 0) is 11.3 Å². The molecule has 4 nitrogen and oxygen atoms in total. The first-order valence-electron chi connectivity index (χ1n) is 5.12. The van der Waals surface area contributed by atoms with Crippen LogP contribution in [0.25, 0.3) is 0 Å². The molecule has 0 bridgehead atoms. The molecule has 3 N–H and O–H groups in total. The van der Waals surface area contributed by atoms with Crippen LogP contribution in [0.3, 0.4) is 0 Å². The minimum Gasteiger partial charge on any atom is -0.370 e. The van der Waals surface area contributed by atoms with Gasteiger partial charge in [0, 0.05) is 4.88 Å². The number of nitrogen functional groups attached to an aromatic ring is 1. The van der Waals surface area contributed by atoms with Gasteiger partial charge in [-0.3, -0.25) is 10.2 Å². The van der Waals surface area contributed by atoms with Gasteiger partial charge in [-0.15, -0.1) is 11.3 Å². The third kappa shape index (κ3) is 4.15. The molecule has 0 aliphatic carbocycles. The maximum Gasteiger partial charge on any atom is 0.330 e. The van der Waals surface area contributed by atoms with E-state index in [1.165, 1.54) is 6.07 Å². The summed E-state index contributed by atoms with van der Waals surface area (Å²) in [5.74, 6) is 0.252. The van der Waals surface area contributed by atoms with Gasteiger partial charge in [0.05, 0.1) is 11.5 Å². The number of nitrogens with two attached hydrogens (primary N) is 1. The Morgan fingerprint density at radius 3 is 2.74 bits per heavy atom. The molecule has 9 heteroatoms. The first-order valence-corrected chi connectivity index (χ1v) is 5.93. The molecule has 0 aliphatic rings. The highest BCUT2D eigenvalue weighted by atomic mass is 32.1. The summed E-state index contributed by atoms with van der Waals surface area (Å²) in [4.78, 5) is 12.2. The van der Waals surface area contributed by atoms with Gasteiger partial charge < -0.3 is 4.74 Å². The normalized spacial score (nSPS) is 11.9. The molecule has 0 fully saturated rings. The second-order valence-corrected chi connectivity index (χ2v) is 4.98. The Morgan fingerprint density at radius 1 is 1.58 bits per heavy atom. The van der Waals surface area contributed by atoms with Crippen LogP contribution in [0.15, 0.2) is 6.07 Å². The van der Waals surface area contributed by atoms with Crippen LogP contribution in [0.5, 0.6) is 0 Å². The van der Waals surface area contributed by atoms with E-state index >= 15 is 0 Å². The Bertz CT molecular complexity index is 451. The molecular weight excluding hydrogens is 288 g/mol. The van der Waals surface area contributed by atoms with Gasteiger partial charge in [-0.1, -0.05) is 0 Å². The summed E-state index contributed by atoms with van der Waals surface area (Å²) < 4.78 is 53.5. The van der Waals surface area contributed by atoms with Crippen LogP contribution in [0.1, 0.15) is 20.1 Å². The number of carbonyl (C=O) groups is 1. The fourth-order valence-electron chi connectivity index (χ4n) is 1.21. The van der Waals surface area contributed by atoms with E-state index in [2.05, 4.69) is 4.74 Å². The monoisotopic (exact) mass is 300 g/mol. The number of ether oxygens (including phenoxy) is 1. The highest BCUT2D eigenvalue weighted by Gasteiger charge is 2.40. The summed E-state index contributed by atoms with van der Waals surface area (Å²) in [5, 5.41) is 0. The molecule has 1 rings (SSSR count). The highest BCUT2D eigenvalue weighted by molar-refractivity contribution is 7.14. The third-order valence-corrected chi connectivity index (χ3v) is 3.34. The van der Waals surface area contributed by atoms with Crippen LogP contribution in [0, 0.1) is 6.92 Å². The predicted octanol–water partition coefficient (Wildman–Crippen LogP) is 2.08. The largest absolute Gasteiger partial charge is 0.370 e. The van der Waals surface area contributed by atoms with Crippen LogP contribution in [0.2, 0.25) is 0 Å². The molecule has 0 spiro atoms. The van der Waals surface area contributed by atoms with E-state index in [9.17, 15) is 22.4 Å². The molecule has 1 aromatic heterocycles. The number of thiophene rings is 1. The lowest BCUT2D eigenvalue weighted by Gasteiger charge is -2.14. The van der Waals surface area contributed by atoms with E-state index in [4.69, 9.17) is 5.84 Å². The molecule has 0 unspecified atom stereocenters. The number of hydrogen-bond acceptors (Lipinski definition) is 4. The zero-order valence-electron chi connectivity index (χ0n) is 9.88. The summed E-state index contributed by atoms with van der Waals surface area (Å²) >= 11 is 1.10. The number of carbonyl (C=O) groups excluding carboxylic acids is 1. The summed E-state index contributed by atoms with van der Waals surface area (Å²) in [6.07, 6.45) is -3.77. The summed E-state index contributed by atoms with van der Waals surface area (Å²) in [6.45, 7) is 0.00276. The van der Waals surface area contributed by atoms with Crippen molar-refractivity contribution in [2.24, 2.45) is 5.84 Å². The lowest BCUT2D eigenvalue weighted by atomic mass is 10.2. The average molecular weight is 300 g/mol. The molecule has 0 atom stereocenters. The van der Waals surface area contributed by atoms with Gasteiger partial charge in [-0.05, 0) is 18.6 Å². The van der Waals surface area contributed by atoms with Crippen molar-refractivity contribution < 1.29 is 27.1 Å². The molecule has 1 heterocycles. The van der Waals surface area contributed by atoms with Crippen LogP contribution < -0.4 is 11.3 Å². The quantitative estimate of drug-likeness (QED) is 0.366. The summed E-state index contributed by atoms with van der Waals surface area (Å²) in [5.41, 5.74) is 2.41. The maximum absolute atomic E-state index is 12.6. The number of hydrazine groups is 1. The second-order valence-electron chi connectivity index (χ2n) is 3.72. The Balaban J connectivity index is 2.59. The van der Waals surface area contributed by atoms with Crippen molar-refractivity contribution in [2.75, 3.05) is 6.61 Å². The second kappa shape index (κ2) is 6.31. The molecule has 0 saturated heterocycles. The minimum atomic E-state index is -4.18. The molecule has 108 valence electrons. The number of amides is 1. The first-order chi connectivity index (χ1) is 8.77. The number of aryl methyl sites for hydroxylation is 1. The van der Waals surface area contributed by atoms with E-state index in [0.29, 0.717) is 15.3 Å². The van der Waals surface area contributed by atoms with Crippen molar-refractivity contribution in [2.45, 2.75) is 25.9 Å². The minimum absolute atomic E-state index is 0.275.